The molecule has 4 rings (SSSR count). The van der Waals surface area contributed by atoms with Crippen molar-refractivity contribution in [2.75, 3.05) is 40.6 Å². The second-order valence-electron chi connectivity index (χ2n) is 8.57. The van der Waals surface area contributed by atoms with Gasteiger partial charge in [0.15, 0.2) is 0 Å². The van der Waals surface area contributed by atoms with Gasteiger partial charge in [0.05, 0.1) is 26.4 Å². The zero-order valence-corrected chi connectivity index (χ0v) is 22.9. The van der Waals surface area contributed by atoms with E-state index in [0.29, 0.717) is 12.2 Å². The second kappa shape index (κ2) is 21.1. The minimum atomic E-state index is 0.0858. The number of methoxy groups -OCH3 is 2. The quantitative estimate of drug-likeness (QED) is 0.293. The molecule has 0 saturated carbocycles. The summed E-state index contributed by atoms with van der Waals surface area (Å²) in [6.45, 7) is 18.9. The average molecular weight is 485 g/mol. The average Bonchev–Trinajstić information content (AvgIpc) is 3.84. The Bertz CT molecular complexity index is 672. The van der Waals surface area contributed by atoms with Crippen LogP contribution in [0.15, 0.2) is 86.0 Å². The summed E-state index contributed by atoms with van der Waals surface area (Å²) in [6.07, 6.45) is 6.77. The van der Waals surface area contributed by atoms with Crippen LogP contribution in [-0.2, 0) is 24.4 Å². The standard InChI is InChI=1S/C15H16.2C4H8O2.2C4H8/c1-15(2,13-9-5-3-6-10-13)14-11-7-4-8-12-14;2*1-5-2-4-3-6-4;2*1-3-4-2/h3-12H,1-2H3;2*4H,2-3H2,1H3;2*3H,1,4H2,2H3. The number of rotatable bonds is 8. The van der Waals surface area contributed by atoms with E-state index in [1.165, 1.54) is 11.1 Å². The molecule has 2 aliphatic heterocycles. The van der Waals surface area contributed by atoms with E-state index in [0.717, 1.165) is 39.3 Å². The third kappa shape index (κ3) is 17.8. The highest BCUT2D eigenvalue weighted by atomic mass is 16.6. The van der Waals surface area contributed by atoms with Crippen molar-refractivity contribution < 1.29 is 18.9 Å². The van der Waals surface area contributed by atoms with Crippen molar-refractivity contribution in [1.29, 1.82) is 0 Å². The molecule has 0 bridgehead atoms. The number of hydrogen-bond acceptors (Lipinski definition) is 4. The first-order valence-corrected chi connectivity index (χ1v) is 12.4. The highest BCUT2D eigenvalue weighted by molar-refractivity contribution is 5.36. The van der Waals surface area contributed by atoms with Crippen LogP contribution in [0.25, 0.3) is 0 Å². The molecule has 2 fully saturated rings. The summed E-state index contributed by atoms with van der Waals surface area (Å²) in [5.41, 5.74) is 2.80. The molecule has 0 N–H and O–H groups in total. The highest BCUT2D eigenvalue weighted by Crippen LogP contribution is 2.30. The Morgan fingerprint density at radius 3 is 1.20 bits per heavy atom. The number of epoxide rings is 2. The van der Waals surface area contributed by atoms with E-state index < -0.39 is 0 Å². The molecule has 0 aliphatic carbocycles. The van der Waals surface area contributed by atoms with Crippen molar-refractivity contribution in [1.82, 2.24) is 0 Å². The summed E-state index contributed by atoms with van der Waals surface area (Å²) in [7, 11) is 3.36. The maximum atomic E-state index is 4.82. The Labute approximate surface area is 215 Å². The lowest BCUT2D eigenvalue weighted by Gasteiger charge is -2.25. The minimum absolute atomic E-state index is 0.0858. The summed E-state index contributed by atoms with van der Waals surface area (Å²) >= 11 is 0. The molecule has 0 spiro atoms. The molecule has 4 nitrogen and oxygen atoms in total. The lowest BCUT2D eigenvalue weighted by molar-refractivity contribution is 0.171. The van der Waals surface area contributed by atoms with Crippen molar-refractivity contribution in [2.24, 2.45) is 0 Å². The van der Waals surface area contributed by atoms with Crippen LogP contribution in [0, 0.1) is 0 Å². The molecule has 196 valence electrons. The van der Waals surface area contributed by atoms with Crippen molar-refractivity contribution in [3.05, 3.63) is 97.1 Å². The molecular formula is C31H48O4. The largest absolute Gasteiger partial charge is 0.382 e. The maximum Gasteiger partial charge on any atom is 0.104 e. The Hall–Kier alpha value is -2.24. The van der Waals surface area contributed by atoms with Crippen LogP contribution in [0.4, 0.5) is 0 Å². The van der Waals surface area contributed by atoms with Crippen molar-refractivity contribution in [2.45, 2.75) is 58.2 Å². The Balaban J connectivity index is 0.000000478. The van der Waals surface area contributed by atoms with Gasteiger partial charge in [-0.3, -0.25) is 0 Å². The summed E-state index contributed by atoms with van der Waals surface area (Å²) in [4.78, 5) is 0. The predicted octanol–water partition coefficient (Wildman–Crippen LogP) is 7.24. The molecule has 0 amide bonds. The van der Waals surface area contributed by atoms with E-state index >= 15 is 0 Å². The monoisotopic (exact) mass is 484 g/mol. The number of hydrogen-bond donors (Lipinski definition) is 0. The first kappa shape index (κ1) is 32.8. The number of ether oxygens (including phenoxy) is 4. The first-order chi connectivity index (χ1) is 16.9. The molecule has 0 aromatic heterocycles. The third-order valence-electron chi connectivity index (χ3n) is 5.08. The van der Waals surface area contributed by atoms with Gasteiger partial charge in [-0.1, -0.05) is 101 Å². The van der Waals surface area contributed by atoms with Gasteiger partial charge in [-0.05, 0) is 24.0 Å². The fourth-order valence-corrected chi connectivity index (χ4v) is 2.58. The van der Waals surface area contributed by atoms with E-state index in [-0.39, 0.29) is 5.41 Å². The minimum Gasteiger partial charge on any atom is -0.382 e. The van der Waals surface area contributed by atoms with E-state index in [9.17, 15) is 0 Å². The van der Waals surface area contributed by atoms with Crippen LogP contribution in [0.1, 0.15) is 51.7 Å². The first-order valence-electron chi connectivity index (χ1n) is 12.4. The lowest BCUT2D eigenvalue weighted by atomic mass is 9.78. The van der Waals surface area contributed by atoms with Crippen LogP contribution in [0.2, 0.25) is 0 Å². The van der Waals surface area contributed by atoms with Gasteiger partial charge in [-0.25, -0.2) is 0 Å². The van der Waals surface area contributed by atoms with Gasteiger partial charge in [-0.15, -0.1) is 13.2 Å². The van der Waals surface area contributed by atoms with Gasteiger partial charge in [0.25, 0.3) is 0 Å². The molecule has 4 heteroatoms. The third-order valence-corrected chi connectivity index (χ3v) is 5.08. The van der Waals surface area contributed by atoms with E-state index in [2.05, 4.69) is 102 Å². The van der Waals surface area contributed by atoms with Crippen LogP contribution >= 0.6 is 0 Å². The molecule has 0 radical (unpaired) electrons. The molecule has 2 aromatic carbocycles. The van der Waals surface area contributed by atoms with E-state index in [1.54, 1.807) is 14.2 Å². The molecule has 2 saturated heterocycles. The summed E-state index contributed by atoms with van der Waals surface area (Å²) in [5, 5.41) is 0. The van der Waals surface area contributed by atoms with Crippen LogP contribution in [0.3, 0.4) is 0 Å². The topological polar surface area (TPSA) is 43.5 Å². The Morgan fingerprint density at radius 1 is 0.743 bits per heavy atom. The fraction of sp³-hybridized carbons (Fsp3) is 0.484. The van der Waals surface area contributed by atoms with Crippen molar-refractivity contribution >= 4 is 0 Å². The predicted molar refractivity (Wildman–Crippen MR) is 149 cm³/mol. The summed E-state index contributed by atoms with van der Waals surface area (Å²) in [6, 6.07) is 21.3. The van der Waals surface area contributed by atoms with Gasteiger partial charge < -0.3 is 18.9 Å². The molecule has 2 unspecified atom stereocenters. The lowest BCUT2D eigenvalue weighted by Crippen LogP contribution is -2.18. The fourth-order valence-electron chi connectivity index (χ4n) is 2.58. The summed E-state index contributed by atoms with van der Waals surface area (Å²) in [5.74, 6) is 0. The maximum absolute atomic E-state index is 4.82. The molecule has 2 aromatic rings. The Morgan fingerprint density at radius 2 is 1.03 bits per heavy atom. The zero-order chi connectivity index (χ0) is 26.4. The van der Waals surface area contributed by atoms with Crippen molar-refractivity contribution in [3.63, 3.8) is 0 Å². The normalized spacial score (nSPS) is 16.7. The number of benzene rings is 2. The van der Waals surface area contributed by atoms with E-state index in [4.69, 9.17) is 18.9 Å². The Kier molecular flexibility index (Phi) is 19.7. The van der Waals surface area contributed by atoms with Gasteiger partial charge in [0.1, 0.15) is 12.2 Å². The SMILES string of the molecule is C=CCC.C=CCC.CC(C)(c1ccccc1)c1ccccc1.COCC1CO1.COCC1CO1. The van der Waals surface area contributed by atoms with Crippen LogP contribution < -0.4 is 0 Å². The molecular weight excluding hydrogens is 436 g/mol. The zero-order valence-electron chi connectivity index (χ0n) is 22.9. The summed E-state index contributed by atoms with van der Waals surface area (Å²) < 4.78 is 19.1. The van der Waals surface area contributed by atoms with Gasteiger partial charge >= 0.3 is 0 Å². The highest BCUT2D eigenvalue weighted by Gasteiger charge is 2.22. The van der Waals surface area contributed by atoms with Crippen LogP contribution in [-0.4, -0.2) is 52.9 Å². The van der Waals surface area contributed by atoms with E-state index in [1.807, 2.05) is 12.2 Å². The molecule has 35 heavy (non-hydrogen) atoms. The molecule has 2 aliphatic rings. The molecule has 2 atom stereocenters. The van der Waals surface area contributed by atoms with Gasteiger partial charge in [0, 0.05) is 19.6 Å². The van der Waals surface area contributed by atoms with Gasteiger partial charge in [0.2, 0.25) is 0 Å². The van der Waals surface area contributed by atoms with Gasteiger partial charge in [-0.2, -0.15) is 0 Å². The van der Waals surface area contributed by atoms with Crippen molar-refractivity contribution in [3.8, 4) is 0 Å². The number of allylic oxidation sites excluding steroid dienone is 2. The van der Waals surface area contributed by atoms with Crippen LogP contribution in [0.5, 0.6) is 0 Å². The molecule has 2 heterocycles. The smallest absolute Gasteiger partial charge is 0.104 e. The second-order valence-corrected chi connectivity index (χ2v) is 8.57.